The van der Waals surface area contributed by atoms with Crippen molar-refractivity contribution < 1.29 is 4.79 Å². The minimum Gasteiger partial charge on any atom is -0.356 e. The number of piperidine rings is 1. The Bertz CT molecular complexity index is 441. The molecule has 1 saturated heterocycles. The zero-order valence-electron chi connectivity index (χ0n) is 13.1. The van der Waals surface area contributed by atoms with Crippen LogP contribution in [0.25, 0.3) is 0 Å². The predicted octanol–water partition coefficient (Wildman–Crippen LogP) is 2.02. The summed E-state index contributed by atoms with van der Waals surface area (Å²) >= 11 is 1.60. The highest BCUT2D eigenvalue weighted by Gasteiger charge is 2.20. The van der Waals surface area contributed by atoms with Crippen molar-refractivity contribution in [2.75, 3.05) is 26.2 Å². The number of nitrogens with zero attached hydrogens (tertiary/aromatic N) is 3. The lowest BCUT2D eigenvalue weighted by atomic mass is 9.93. The Kier molecular flexibility index (Phi) is 6.57. The van der Waals surface area contributed by atoms with Gasteiger partial charge in [-0.15, -0.1) is 21.5 Å². The van der Waals surface area contributed by atoms with Gasteiger partial charge in [0.25, 0.3) is 0 Å². The molecule has 1 aromatic heterocycles. The number of aromatic nitrogens is 2. The van der Waals surface area contributed by atoms with Crippen molar-refractivity contribution >= 4 is 17.2 Å². The van der Waals surface area contributed by atoms with Gasteiger partial charge in [0.15, 0.2) is 0 Å². The Labute approximate surface area is 131 Å². The second kappa shape index (κ2) is 8.44. The number of carbonyl (C=O) groups is 1. The van der Waals surface area contributed by atoms with Gasteiger partial charge in [-0.25, -0.2) is 0 Å². The van der Waals surface area contributed by atoms with Gasteiger partial charge in [-0.05, 0) is 51.7 Å². The van der Waals surface area contributed by atoms with Crippen LogP contribution in [0.15, 0.2) is 0 Å². The molecule has 0 saturated carbocycles. The van der Waals surface area contributed by atoms with E-state index >= 15 is 0 Å². The van der Waals surface area contributed by atoms with Crippen molar-refractivity contribution in [2.24, 2.45) is 5.92 Å². The van der Waals surface area contributed by atoms with Crippen LogP contribution in [0.4, 0.5) is 0 Å². The molecule has 0 aliphatic carbocycles. The van der Waals surface area contributed by atoms with Crippen molar-refractivity contribution in [1.29, 1.82) is 0 Å². The van der Waals surface area contributed by atoms with Crippen LogP contribution in [-0.2, 0) is 11.2 Å². The lowest BCUT2D eigenvalue weighted by molar-refractivity contribution is -0.122. The van der Waals surface area contributed by atoms with Crippen molar-refractivity contribution in [3.8, 4) is 0 Å². The van der Waals surface area contributed by atoms with Gasteiger partial charge in [0.2, 0.25) is 5.91 Å². The first-order chi connectivity index (χ1) is 10.2. The zero-order valence-corrected chi connectivity index (χ0v) is 13.9. The van der Waals surface area contributed by atoms with Gasteiger partial charge in [0.05, 0.1) is 0 Å². The number of hydrogen-bond donors (Lipinski definition) is 1. The molecular formula is C15H26N4OS. The van der Waals surface area contributed by atoms with Crippen LogP contribution in [0.1, 0.15) is 42.6 Å². The summed E-state index contributed by atoms with van der Waals surface area (Å²) in [6.07, 6.45) is 4.99. The van der Waals surface area contributed by atoms with E-state index < -0.39 is 0 Å². The van der Waals surface area contributed by atoms with E-state index in [1.807, 2.05) is 6.92 Å². The Morgan fingerprint density at radius 2 is 2.14 bits per heavy atom. The number of rotatable bonds is 7. The van der Waals surface area contributed by atoms with E-state index in [1.54, 1.807) is 11.3 Å². The molecule has 5 nitrogen and oxygen atoms in total. The van der Waals surface area contributed by atoms with Gasteiger partial charge in [-0.1, -0.05) is 6.92 Å². The SMILES string of the molecule is CCCN1CCC(CC(=O)NCCc2nnc(C)s2)CC1. The van der Waals surface area contributed by atoms with E-state index in [-0.39, 0.29) is 5.91 Å². The Morgan fingerprint density at radius 1 is 1.38 bits per heavy atom. The van der Waals surface area contributed by atoms with E-state index in [1.165, 1.54) is 13.0 Å². The summed E-state index contributed by atoms with van der Waals surface area (Å²) in [5.41, 5.74) is 0. The molecule has 1 aliphatic rings. The monoisotopic (exact) mass is 310 g/mol. The van der Waals surface area contributed by atoms with Crippen molar-refractivity contribution in [2.45, 2.75) is 46.0 Å². The summed E-state index contributed by atoms with van der Waals surface area (Å²) in [6.45, 7) is 8.33. The van der Waals surface area contributed by atoms with Crippen molar-refractivity contribution in [1.82, 2.24) is 20.4 Å². The van der Waals surface area contributed by atoms with Crippen molar-refractivity contribution in [3.63, 3.8) is 0 Å². The topological polar surface area (TPSA) is 58.1 Å². The molecular weight excluding hydrogens is 284 g/mol. The highest BCUT2D eigenvalue weighted by atomic mass is 32.1. The zero-order chi connectivity index (χ0) is 15.1. The fourth-order valence-electron chi connectivity index (χ4n) is 2.81. The lowest BCUT2D eigenvalue weighted by Crippen LogP contribution is -2.36. The number of aryl methyl sites for hydroxylation is 1. The first-order valence-corrected chi connectivity index (χ1v) is 8.77. The highest BCUT2D eigenvalue weighted by Crippen LogP contribution is 2.20. The Balaban J connectivity index is 1.59. The number of carbonyl (C=O) groups excluding carboxylic acids is 1. The van der Waals surface area contributed by atoms with Gasteiger partial charge in [0, 0.05) is 19.4 Å². The molecule has 0 unspecified atom stereocenters. The molecule has 21 heavy (non-hydrogen) atoms. The standard InChI is InChI=1S/C15H26N4OS/c1-3-8-19-9-5-13(6-10-19)11-14(20)16-7-4-15-18-17-12(2)21-15/h13H,3-11H2,1-2H3,(H,16,20). The molecule has 1 aromatic rings. The minimum atomic E-state index is 0.185. The maximum Gasteiger partial charge on any atom is 0.220 e. The van der Waals surface area contributed by atoms with Crippen LogP contribution in [0, 0.1) is 12.8 Å². The maximum atomic E-state index is 12.0. The van der Waals surface area contributed by atoms with Crippen LogP contribution >= 0.6 is 11.3 Å². The summed E-state index contributed by atoms with van der Waals surface area (Å²) in [5.74, 6) is 0.743. The molecule has 0 radical (unpaired) electrons. The average molecular weight is 310 g/mol. The molecule has 2 rings (SSSR count). The summed E-state index contributed by atoms with van der Waals surface area (Å²) in [4.78, 5) is 14.5. The second-order valence-electron chi connectivity index (χ2n) is 5.80. The van der Waals surface area contributed by atoms with Gasteiger partial charge in [-0.2, -0.15) is 0 Å². The molecule has 1 aliphatic heterocycles. The average Bonchev–Trinajstić information content (AvgIpc) is 2.87. The highest BCUT2D eigenvalue weighted by molar-refractivity contribution is 7.11. The molecule has 0 aromatic carbocycles. The van der Waals surface area contributed by atoms with E-state index in [0.29, 0.717) is 18.9 Å². The number of nitrogens with one attached hydrogen (secondary N) is 1. The molecule has 6 heteroatoms. The third-order valence-electron chi connectivity index (χ3n) is 3.95. The fourth-order valence-corrected chi connectivity index (χ4v) is 3.52. The fraction of sp³-hybridized carbons (Fsp3) is 0.800. The smallest absolute Gasteiger partial charge is 0.220 e. The van der Waals surface area contributed by atoms with Crippen LogP contribution < -0.4 is 5.32 Å². The maximum absolute atomic E-state index is 12.0. The van der Waals surface area contributed by atoms with Gasteiger partial charge < -0.3 is 10.2 Å². The molecule has 118 valence electrons. The molecule has 2 heterocycles. The largest absolute Gasteiger partial charge is 0.356 e. The van der Waals surface area contributed by atoms with Crippen LogP contribution in [0.3, 0.4) is 0 Å². The number of likely N-dealkylation sites (tertiary alicyclic amines) is 1. The molecule has 0 bridgehead atoms. The molecule has 1 N–H and O–H groups in total. The van der Waals surface area contributed by atoms with E-state index in [2.05, 4.69) is 27.3 Å². The predicted molar refractivity (Wildman–Crippen MR) is 85.4 cm³/mol. The van der Waals surface area contributed by atoms with E-state index in [9.17, 15) is 4.79 Å². The molecule has 0 spiro atoms. The van der Waals surface area contributed by atoms with Gasteiger partial charge in [0.1, 0.15) is 10.0 Å². The van der Waals surface area contributed by atoms with E-state index in [4.69, 9.17) is 0 Å². The minimum absolute atomic E-state index is 0.185. The van der Waals surface area contributed by atoms with Gasteiger partial charge >= 0.3 is 0 Å². The van der Waals surface area contributed by atoms with Crippen LogP contribution in [0.2, 0.25) is 0 Å². The second-order valence-corrected chi connectivity index (χ2v) is 7.07. The summed E-state index contributed by atoms with van der Waals surface area (Å²) in [5, 5.41) is 13.0. The summed E-state index contributed by atoms with van der Waals surface area (Å²) in [6, 6.07) is 0. The molecule has 0 atom stereocenters. The third-order valence-corrected chi connectivity index (χ3v) is 4.85. The quantitative estimate of drug-likeness (QED) is 0.837. The van der Waals surface area contributed by atoms with Gasteiger partial charge in [-0.3, -0.25) is 4.79 Å². The Morgan fingerprint density at radius 3 is 2.76 bits per heavy atom. The Hall–Kier alpha value is -1.01. The van der Waals surface area contributed by atoms with Crippen LogP contribution in [-0.4, -0.2) is 47.2 Å². The first kappa shape index (κ1) is 16.4. The molecule has 1 amide bonds. The number of amides is 1. The lowest BCUT2D eigenvalue weighted by Gasteiger charge is -2.31. The summed E-state index contributed by atoms with van der Waals surface area (Å²) in [7, 11) is 0. The summed E-state index contributed by atoms with van der Waals surface area (Å²) < 4.78 is 0. The normalized spacial score (nSPS) is 17.0. The first-order valence-electron chi connectivity index (χ1n) is 7.95. The van der Waals surface area contributed by atoms with Crippen LogP contribution in [0.5, 0.6) is 0 Å². The van der Waals surface area contributed by atoms with E-state index in [0.717, 1.165) is 42.4 Å². The number of hydrogen-bond acceptors (Lipinski definition) is 5. The van der Waals surface area contributed by atoms with Crippen molar-refractivity contribution in [3.05, 3.63) is 10.0 Å². The molecule has 1 fully saturated rings. The third kappa shape index (κ3) is 5.71.